The summed E-state index contributed by atoms with van der Waals surface area (Å²) in [6, 6.07) is 2.03. The first kappa shape index (κ1) is 15.0. The number of likely N-dealkylation sites (tertiary alicyclic amines) is 1. The van der Waals surface area contributed by atoms with Crippen molar-refractivity contribution in [3.63, 3.8) is 0 Å². The van der Waals surface area contributed by atoms with Gasteiger partial charge < -0.3 is 4.90 Å². The molecule has 1 saturated heterocycles. The molecule has 24 heavy (non-hydrogen) atoms. The molecule has 6 heteroatoms. The van der Waals surface area contributed by atoms with Gasteiger partial charge in [-0.05, 0) is 37.2 Å². The number of amides is 1. The van der Waals surface area contributed by atoms with Crippen molar-refractivity contribution in [3.05, 3.63) is 23.0 Å². The Morgan fingerprint density at radius 1 is 1.29 bits per heavy atom. The minimum atomic E-state index is -0.503. The monoisotopic (exact) mass is 322 g/mol. The summed E-state index contributed by atoms with van der Waals surface area (Å²) in [5, 5.41) is 9.49. The fourth-order valence-corrected chi connectivity index (χ4v) is 4.20. The summed E-state index contributed by atoms with van der Waals surface area (Å²) < 4.78 is 0. The summed E-state index contributed by atoms with van der Waals surface area (Å²) in [6.45, 7) is 1.69. The molecule has 1 aliphatic carbocycles. The predicted molar refractivity (Wildman–Crippen MR) is 88.3 cm³/mol. The molecule has 3 heterocycles. The van der Waals surface area contributed by atoms with Crippen LogP contribution < -0.4 is 0 Å². The van der Waals surface area contributed by atoms with E-state index in [9.17, 15) is 14.9 Å². The molecule has 1 atom stereocenters. The smallest absolute Gasteiger partial charge is 0.289 e. The number of allylic oxidation sites excluding steroid dienone is 2. The lowest BCUT2D eigenvalue weighted by Gasteiger charge is -2.49. The molecule has 4 aliphatic rings. The molecule has 0 aromatic carbocycles. The van der Waals surface area contributed by atoms with E-state index in [1.54, 1.807) is 6.08 Å². The third-order valence-electron chi connectivity index (χ3n) is 5.81. The molecule has 6 nitrogen and oxygen atoms in total. The number of hydrogen-bond acceptors (Lipinski definition) is 5. The number of rotatable bonds is 2. The molecule has 0 bridgehead atoms. The third-order valence-corrected chi connectivity index (χ3v) is 5.81. The van der Waals surface area contributed by atoms with E-state index in [-0.39, 0.29) is 11.5 Å². The van der Waals surface area contributed by atoms with Crippen LogP contribution in [0.5, 0.6) is 0 Å². The number of aliphatic imine (C=N–C) groups is 2. The molecule has 0 aromatic heterocycles. The second-order valence-corrected chi connectivity index (χ2v) is 7.00. The maximum absolute atomic E-state index is 12.2. The maximum atomic E-state index is 12.2. The van der Waals surface area contributed by atoms with Crippen molar-refractivity contribution in [2.45, 2.75) is 32.1 Å². The van der Waals surface area contributed by atoms with Crippen LogP contribution in [-0.4, -0.2) is 42.1 Å². The van der Waals surface area contributed by atoms with E-state index in [1.165, 1.54) is 25.5 Å². The van der Waals surface area contributed by atoms with Gasteiger partial charge in [-0.1, -0.05) is 6.42 Å². The number of fused-ring (bicyclic) bond motifs is 1. The average molecular weight is 322 g/mol. The van der Waals surface area contributed by atoms with Gasteiger partial charge in [-0.2, -0.15) is 5.26 Å². The van der Waals surface area contributed by atoms with Crippen LogP contribution in [0.15, 0.2) is 33.0 Å². The molecule has 1 saturated carbocycles. The third kappa shape index (κ3) is 2.23. The minimum absolute atomic E-state index is 0.102. The van der Waals surface area contributed by atoms with Gasteiger partial charge in [-0.3, -0.25) is 14.6 Å². The van der Waals surface area contributed by atoms with Crippen LogP contribution in [0, 0.1) is 22.7 Å². The molecular formula is C18H18N4O2. The first-order valence-electron chi connectivity index (χ1n) is 8.39. The summed E-state index contributed by atoms with van der Waals surface area (Å²) in [4.78, 5) is 33.5. The van der Waals surface area contributed by atoms with Gasteiger partial charge in [-0.25, -0.2) is 4.99 Å². The Kier molecular flexibility index (Phi) is 3.45. The van der Waals surface area contributed by atoms with E-state index >= 15 is 0 Å². The van der Waals surface area contributed by atoms with E-state index in [2.05, 4.69) is 14.9 Å². The van der Waals surface area contributed by atoms with Crippen LogP contribution in [0.4, 0.5) is 0 Å². The summed E-state index contributed by atoms with van der Waals surface area (Å²) in [7, 11) is 0. The number of nitriles is 1. The summed E-state index contributed by atoms with van der Waals surface area (Å²) in [5.74, 6) is -0.831. The number of piperidine rings is 1. The number of aldehydes is 1. The molecule has 4 rings (SSSR count). The Morgan fingerprint density at radius 2 is 2.04 bits per heavy atom. The topological polar surface area (TPSA) is 85.9 Å². The van der Waals surface area contributed by atoms with Gasteiger partial charge in [0.2, 0.25) is 0 Å². The van der Waals surface area contributed by atoms with E-state index in [0.29, 0.717) is 28.8 Å². The number of carbonyl (C=O) groups is 2. The average Bonchev–Trinajstić information content (AvgIpc) is 2.59. The molecule has 2 fully saturated rings. The Bertz CT molecular complexity index is 767. The lowest BCUT2D eigenvalue weighted by Crippen LogP contribution is -2.46. The van der Waals surface area contributed by atoms with Crippen molar-refractivity contribution in [2.75, 3.05) is 13.1 Å². The zero-order valence-corrected chi connectivity index (χ0v) is 13.4. The molecular weight excluding hydrogens is 304 g/mol. The van der Waals surface area contributed by atoms with E-state index in [1.807, 2.05) is 6.07 Å². The Morgan fingerprint density at radius 3 is 2.62 bits per heavy atom. The van der Waals surface area contributed by atoms with Crippen molar-refractivity contribution in [3.8, 4) is 6.07 Å². The summed E-state index contributed by atoms with van der Waals surface area (Å²) in [5.41, 5.74) is 2.12. The van der Waals surface area contributed by atoms with Gasteiger partial charge in [0.15, 0.2) is 6.29 Å². The van der Waals surface area contributed by atoms with Crippen LogP contribution in [0.1, 0.15) is 32.1 Å². The van der Waals surface area contributed by atoms with E-state index < -0.39 is 5.91 Å². The summed E-state index contributed by atoms with van der Waals surface area (Å²) in [6.07, 6.45) is 9.96. The number of dihydropyridines is 1. The van der Waals surface area contributed by atoms with Gasteiger partial charge in [0.25, 0.3) is 5.91 Å². The molecule has 0 N–H and O–H groups in total. The van der Waals surface area contributed by atoms with Gasteiger partial charge in [-0.15, -0.1) is 0 Å². The van der Waals surface area contributed by atoms with Crippen molar-refractivity contribution in [1.82, 2.24) is 4.90 Å². The first-order chi connectivity index (χ1) is 11.7. The van der Waals surface area contributed by atoms with Crippen molar-refractivity contribution < 1.29 is 9.59 Å². The second kappa shape index (κ2) is 5.52. The lowest BCUT2D eigenvalue weighted by atomic mass is 9.63. The fourth-order valence-electron chi connectivity index (χ4n) is 4.20. The molecule has 3 aliphatic heterocycles. The SMILES string of the molecule is N#CC1=C(N2CCC3(CCC3)CC2)C2C=C(C=O)N=CC2=NC1=O. The Labute approximate surface area is 140 Å². The fraction of sp³-hybridized carbons (Fsp3) is 0.500. The molecule has 1 spiro atoms. The van der Waals surface area contributed by atoms with Crippen LogP contribution >= 0.6 is 0 Å². The number of nitrogens with zero attached hydrogens (tertiary/aromatic N) is 4. The summed E-state index contributed by atoms with van der Waals surface area (Å²) >= 11 is 0. The molecule has 122 valence electrons. The normalized spacial score (nSPS) is 27.9. The Balaban J connectivity index is 1.69. The predicted octanol–water partition coefficient (Wildman–Crippen LogP) is 1.79. The highest BCUT2D eigenvalue weighted by atomic mass is 16.1. The van der Waals surface area contributed by atoms with Gasteiger partial charge in [0.05, 0.1) is 29.2 Å². The van der Waals surface area contributed by atoms with Gasteiger partial charge in [0, 0.05) is 13.1 Å². The highest BCUT2D eigenvalue weighted by Gasteiger charge is 2.42. The first-order valence-corrected chi connectivity index (χ1v) is 8.39. The lowest BCUT2D eigenvalue weighted by molar-refractivity contribution is -0.114. The molecule has 1 unspecified atom stereocenters. The second-order valence-electron chi connectivity index (χ2n) is 7.00. The van der Waals surface area contributed by atoms with Crippen LogP contribution in [-0.2, 0) is 9.59 Å². The van der Waals surface area contributed by atoms with Crippen molar-refractivity contribution in [1.29, 1.82) is 5.26 Å². The van der Waals surface area contributed by atoms with Crippen LogP contribution in [0.25, 0.3) is 0 Å². The Hall–Kier alpha value is -2.55. The highest BCUT2D eigenvalue weighted by molar-refractivity contribution is 6.38. The van der Waals surface area contributed by atoms with E-state index in [0.717, 1.165) is 25.9 Å². The van der Waals surface area contributed by atoms with Crippen molar-refractivity contribution >= 4 is 24.1 Å². The molecule has 1 amide bonds. The zero-order chi connectivity index (χ0) is 16.7. The van der Waals surface area contributed by atoms with Crippen LogP contribution in [0.3, 0.4) is 0 Å². The zero-order valence-electron chi connectivity index (χ0n) is 13.4. The number of carbonyl (C=O) groups excluding carboxylic acids is 2. The standard InChI is InChI=1S/C18H18N4O2/c19-9-14-16(22-6-4-18(5-7-22)2-1-3-18)13-8-12(11-23)20-10-15(13)21-17(14)24/h8,10-11,13H,1-7H2. The van der Waals surface area contributed by atoms with Crippen LogP contribution in [0.2, 0.25) is 0 Å². The van der Waals surface area contributed by atoms with E-state index in [4.69, 9.17) is 0 Å². The van der Waals surface area contributed by atoms with Gasteiger partial charge in [0.1, 0.15) is 11.6 Å². The highest BCUT2D eigenvalue weighted by Crippen LogP contribution is 2.49. The van der Waals surface area contributed by atoms with Crippen molar-refractivity contribution in [2.24, 2.45) is 21.3 Å². The largest absolute Gasteiger partial charge is 0.373 e. The van der Waals surface area contributed by atoms with Gasteiger partial charge >= 0.3 is 0 Å². The molecule has 0 radical (unpaired) electrons. The quantitative estimate of drug-likeness (QED) is 0.725. The number of hydrogen-bond donors (Lipinski definition) is 0. The minimum Gasteiger partial charge on any atom is -0.373 e. The maximum Gasteiger partial charge on any atom is 0.289 e. The molecule has 0 aromatic rings.